The second-order valence-corrected chi connectivity index (χ2v) is 4.41. The van der Waals surface area contributed by atoms with Crippen LogP contribution in [0.2, 0.25) is 0 Å². The predicted molar refractivity (Wildman–Crippen MR) is 68.1 cm³/mol. The fourth-order valence-corrected chi connectivity index (χ4v) is 2.23. The van der Waals surface area contributed by atoms with Crippen molar-refractivity contribution in [2.75, 3.05) is 7.05 Å². The van der Waals surface area contributed by atoms with Crippen molar-refractivity contribution in [1.82, 2.24) is 5.01 Å². The molecule has 2 aromatic rings. The molecule has 1 aliphatic heterocycles. The van der Waals surface area contributed by atoms with Crippen LogP contribution in [0.15, 0.2) is 58.9 Å². The summed E-state index contributed by atoms with van der Waals surface area (Å²) in [4.78, 5) is 0. The Morgan fingerprint density at radius 2 is 1.79 bits per heavy atom. The highest BCUT2D eigenvalue weighted by Gasteiger charge is 2.40. The van der Waals surface area contributed by atoms with Gasteiger partial charge >= 0.3 is 0 Å². The third kappa shape index (κ3) is 1.70. The molecule has 0 amide bonds. The molecule has 0 unspecified atom stereocenters. The molecule has 0 fully saturated rings. The van der Waals surface area contributed by atoms with Crippen LogP contribution in [0.5, 0.6) is 0 Å². The zero-order valence-electron chi connectivity index (χ0n) is 10.3. The highest BCUT2D eigenvalue weighted by Crippen LogP contribution is 2.41. The van der Waals surface area contributed by atoms with E-state index >= 15 is 0 Å². The van der Waals surface area contributed by atoms with Crippen molar-refractivity contribution in [3.05, 3.63) is 65.5 Å². The van der Waals surface area contributed by atoms with Crippen LogP contribution in [0.4, 0.5) is 10.1 Å². The molecule has 19 heavy (non-hydrogen) atoms. The third-order valence-corrected chi connectivity index (χ3v) is 3.28. The highest BCUT2D eigenvalue weighted by molar-refractivity contribution is 5.53. The van der Waals surface area contributed by atoms with Gasteiger partial charge in [-0.1, -0.05) is 35.6 Å². The number of benzene rings is 2. The van der Waals surface area contributed by atoms with Gasteiger partial charge in [0.2, 0.25) is 5.72 Å². The summed E-state index contributed by atoms with van der Waals surface area (Å²) in [7, 11) is 1.63. The van der Waals surface area contributed by atoms with E-state index in [9.17, 15) is 9.50 Å². The Morgan fingerprint density at radius 3 is 2.53 bits per heavy atom. The second-order valence-electron chi connectivity index (χ2n) is 4.41. The summed E-state index contributed by atoms with van der Waals surface area (Å²) in [5.41, 5.74) is 0.334. The number of halogens is 1. The molecule has 1 N–H and O–H groups in total. The van der Waals surface area contributed by atoms with E-state index in [1.54, 1.807) is 31.3 Å². The maximum Gasteiger partial charge on any atom is 0.209 e. The number of hydrogen-bond acceptors (Lipinski definition) is 4. The van der Waals surface area contributed by atoms with Crippen LogP contribution in [0.1, 0.15) is 11.1 Å². The quantitative estimate of drug-likeness (QED) is 0.853. The van der Waals surface area contributed by atoms with Gasteiger partial charge in [-0.05, 0) is 18.2 Å². The molecule has 0 aromatic heterocycles. The number of aliphatic hydroxyl groups is 1. The molecular weight excluding hydrogens is 245 g/mol. The molecule has 0 bridgehead atoms. The van der Waals surface area contributed by atoms with E-state index in [0.29, 0.717) is 16.8 Å². The molecule has 4 nitrogen and oxygen atoms in total. The number of rotatable bonds is 1. The van der Waals surface area contributed by atoms with Gasteiger partial charge < -0.3 is 5.11 Å². The van der Waals surface area contributed by atoms with Crippen molar-refractivity contribution >= 4 is 5.69 Å². The fourth-order valence-electron chi connectivity index (χ4n) is 2.23. The summed E-state index contributed by atoms with van der Waals surface area (Å²) in [5, 5.41) is 20.3. The molecule has 0 saturated heterocycles. The summed E-state index contributed by atoms with van der Waals surface area (Å²) < 4.78 is 13.0. The van der Waals surface area contributed by atoms with Crippen molar-refractivity contribution in [2.45, 2.75) is 5.72 Å². The first-order valence-corrected chi connectivity index (χ1v) is 5.86. The molecule has 5 heteroatoms. The van der Waals surface area contributed by atoms with Gasteiger partial charge in [-0.15, -0.1) is 5.11 Å². The maximum atomic E-state index is 13.0. The Labute approximate surface area is 109 Å². The minimum absolute atomic E-state index is 0.347. The van der Waals surface area contributed by atoms with E-state index in [1.807, 2.05) is 12.1 Å². The van der Waals surface area contributed by atoms with Crippen LogP contribution in [0.3, 0.4) is 0 Å². The van der Waals surface area contributed by atoms with Gasteiger partial charge in [-0.3, -0.25) is 0 Å². The monoisotopic (exact) mass is 257 g/mol. The Balaban J connectivity index is 2.21. The average Bonchev–Trinajstić information content (AvgIpc) is 2.44. The van der Waals surface area contributed by atoms with E-state index in [-0.39, 0.29) is 5.82 Å². The van der Waals surface area contributed by atoms with Crippen molar-refractivity contribution in [2.24, 2.45) is 10.3 Å². The molecular formula is C14H12FN3O. The molecule has 1 aliphatic rings. The van der Waals surface area contributed by atoms with Crippen LogP contribution in [-0.4, -0.2) is 17.2 Å². The predicted octanol–water partition coefficient (Wildman–Crippen LogP) is 2.96. The molecule has 0 radical (unpaired) electrons. The average molecular weight is 257 g/mol. The van der Waals surface area contributed by atoms with Gasteiger partial charge in [0.1, 0.15) is 5.82 Å². The van der Waals surface area contributed by atoms with Gasteiger partial charge in [0.15, 0.2) is 0 Å². The molecule has 3 rings (SSSR count). The van der Waals surface area contributed by atoms with Crippen LogP contribution in [0, 0.1) is 5.82 Å². The van der Waals surface area contributed by atoms with E-state index in [0.717, 1.165) is 0 Å². The van der Waals surface area contributed by atoms with Gasteiger partial charge in [-0.25, -0.2) is 9.40 Å². The number of nitrogens with zero attached hydrogens (tertiary/aromatic N) is 3. The first-order chi connectivity index (χ1) is 9.12. The van der Waals surface area contributed by atoms with Crippen LogP contribution < -0.4 is 0 Å². The lowest BCUT2D eigenvalue weighted by molar-refractivity contribution is -0.0736. The normalized spacial score (nSPS) is 21.3. The first-order valence-electron chi connectivity index (χ1n) is 5.86. The number of fused-ring (bicyclic) bond motifs is 1. The van der Waals surface area contributed by atoms with Crippen molar-refractivity contribution < 1.29 is 9.50 Å². The van der Waals surface area contributed by atoms with Gasteiger partial charge in [0.05, 0.1) is 5.69 Å². The largest absolute Gasteiger partial charge is 0.362 e. The molecule has 96 valence electrons. The van der Waals surface area contributed by atoms with Crippen LogP contribution in [0.25, 0.3) is 0 Å². The summed E-state index contributed by atoms with van der Waals surface area (Å²) in [6.07, 6.45) is 0. The fraction of sp³-hybridized carbons (Fsp3) is 0.143. The Bertz CT molecular complexity index is 641. The van der Waals surface area contributed by atoms with Crippen molar-refractivity contribution in [3.63, 3.8) is 0 Å². The zero-order valence-corrected chi connectivity index (χ0v) is 10.3. The highest BCUT2D eigenvalue weighted by atomic mass is 19.1. The topological polar surface area (TPSA) is 48.2 Å². The van der Waals surface area contributed by atoms with E-state index in [2.05, 4.69) is 10.3 Å². The minimum Gasteiger partial charge on any atom is -0.362 e. The Hall–Kier alpha value is -2.27. The van der Waals surface area contributed by atoms with Gasteiger partial charge in [0, 0.05) is 18.2 Å². The summed E-state index contributed by atoms with van der Waals surface area (Å²) >= 11 is 0. The summed E-state index contributed by atoms with van der Waals surface area (Å²) in [5.74, 6) is -0.347. The van der Waals surface area contributed by atoms with Gasteiger partial charge in [-0.2, -0.15) is 0 Å². The molecule has 2 aromatic carbocycles. The smallest absolute Gasteiger partial charge is 0.209 e. The van der Waals surface area contributed by atoms with E-state index < -0.39 is 5.72 Å². The second kappa shape index (κ2) is 4.13. The lowest BCUT2D eigenvalue weighted by Crippen LogP contribution is -2.43. The van der Waals surface area contributed by atoms with Crippen LogP contribution >= 0.6 is 0 Å². The summed E-state index contributed by atoms with van der Waals surface area (Å²) in [6.45, 7) is 0. The lowest BCUT2D eigenvalue weighted by atomic mass is 9.92. The van der Waals surface area contributed by atoms with Crippen LogP contribution in [-0.2, 0) is 5.72 Å². The standard InChI is InChI=1S/C14H12FN3O/c1-18-14(19,10-6-8-11(15)9-7-10)12-4-2-3-5-13(12)16-17-18/h2-9,19H,1H3/t14-/m1/s1. The van der Waals surface area contributed by atoms with Gasteiger partial charge in [0.25, 0.3) is 0 Å². The zero-order chi connectivity index (χ0) is 13.5. The van der Waals surface area contributed by atoms with Crippen molar-refractivity contribution in [3.8, 4) is 0 Å². The lowest BCUT2D eigenvalue weighted by Gasteiger charge is -2.37. The summed E-state index contributed by atoms with van der Waals surface area (Å²) in [6, 6.07) is 12.9. The van der Waals surface area contributed by atoms with E-state index in [1.165, 1.54) is 17.1 Å². The minimum atomic E-state index is -1.44. The van der Waals surface area contributed by atoms with Crippen molar-refractivity contribution in [1.29, 1.82) is 0 Å². The Kier molecular flexibility index (Phi) is 2.57. The SMILES string of the molecule is CN1N=Nc2ccccc2[C@]1(O)c1ccc(F)cc1. The molecule has 0 spiro atoms. The molecule has 1 atom stereocenters. The molecule has 0 saturated carbocycles. The maximum absolute atomic E-state index is 13.0. The molecule has 1 heterocycles. The number of hydrogen-bond donors (Lipinski definition) is 1. The first kappa shape index (κ1) is 11.8. The van der Waals surface area contributed by atoms with E-state index in [4.69, 9.17) is 0 Å². The molecule has 0 aliphatic carbocycles. The Morgan fingerprint density at radius 1 is 1.11 bits per heavy atom. The third-order valence-electron chi connectivity index (χ3n) is 3.28.